The average molecular weight is 1020 g/mol. The first-order valence-corrected chi connectivity index (χ1v) is 23.8. The molecular formula is C44H42ClF10N7O4S2. The lowest BCUT2D eigenvalue weighted by molar-refractivity contribution is -0.141. The molecule has 0 bridgehead atoms. The highest BCUT2D eigenvalue weighted by Crippen LogP contribution is 2.48. The van der Waals surface area contributed by atoms with Crippen LogP contribution in [0.25, 0.3) is 22.0 Å². The average Bonchev–Trinajstić information content (AvgIpc) is 4.11. The summed E-state index contributed by atoms with van der Waals surface area (Å²) in [7, 11) is -3.89. The van der Waals surface area contributed by atoms with E-state index in [1.807, 2.05) is 0 Å². The standard InChI is InChI=1S/C44H42ClF10N7O4S2/c1-39(2,68(65,66)41(4)15-16-41)11-9-26-5-6-27(28-7-8-30(45)33-35(28)62(22-43(50,51)52)60-38(33)61-67(64)40(3)13-14-40)34(58-26)31(19-23-17-24(46)20-25(47)18-23)59-32(63)21-57-37-29(10-12-42(37,48)49)36(56)44(53,54)55/h5-8,17-18,20,31H,10,12-16,19,21-22,56H2,1-4H3,(H,59,63)(H,60,61)/t31-,67?/m0/s1. The number of aromatic nitrogens is 3. The number of amides is 1. The number of halogens is 11. The van der Waals surface area contributed by atoms with E-state index in [-0.39, 0.29) is 49.8 Å². The SMILES string of the molecule is CC1([S+]([O-])Nc2nn(CC(F)(F)F)c3c(-c4ccc(C#CC(C)(C)S(=O)(=O)C5(C)CC5)nc4[C@H](Cc4cc(F)cc(F)c4)NC(=O)CN=C4C(=C(N)C(F)(F)F)CCC4(F)F)ccc(Cl)c23)CC1. The summed E-state index contributed by atoms with van der Waals surface area (Å²) >= 11 is 4.80. The summed E-state index contributed by atoms with van der Waals surface area (Å²) in [4.78, 5) is 22.0. The predicted octanol–water partition coefficient (Wildman–Crippen LogP) is 9.36. The van der Waals surface area contributed by atoms with Crippen LogP contribution in [-0.4, -0.2) is 78.4 Å². The van der Waals surface area contributed by atoms with Gasteiger partial charge >= 0.3 is 12.4 Å². The molecule has 0 saturated heterocycles. The highest BCUT2D eigenvalue weighted by molar-refractivity contribution is 7.94. The fourth-order valence-corrected chi connectivity index (χ4v) is 11.1. The Balaban J connectivity index is 1.43. The van der Waals surface area contributed by atoms with Crippen LogP contribution in [-0.2, 0) is 39.0 Å². The second-order valence-corrected chi connectivity index (χ2v) is 23.1. The molecule has 0 spiro atoms. The molecule has 11 nitrogen and oxygen atoms in total. The van der Waals surface area contributed by atoms with Crippen LogP contribution >= 0.6 is 11.6 Å². The molecule has 3 fully saturated rings. The minimum atomic E-state index is -5.22. The Morgan fingerprint density at radius 2 is 1.63 bits per heavy atom. The highest BCUT2D eigenvalue weighted by atomic mass is 35.5. The third-order valence-corrected chi connectivity index (χ3v) is 17.3. The van der Waals surface area contributed by atoms with Crippen molar-refractivity contribution >= 4 is 61.1 Å². The number of nitrogens with one attached hydrogen (secondary N) is 2. The van der Waals surface area contributed by atoms with Crippen molar-refractivity contribution in [2.24, 2.45) is 10.7 Å². The van der Waals surface area contributed by atoms with E-state index >= 15 is 0 Å². The van der Waals surface area contributed by atoms with Crippen molar-refractivity contribution in [1.82, 2.24) is 20.1 Å². The van der Waals surface area contributed by atoms with Crippen LogP contribution in [0.3, 0.4) is 0 Å². The molecule has 7 rings (SSSR count). The summed E-state index contributed by atoms with van der Waals surface area (Å²) in [6, 6.07) is 5.84. The number of pyridine rings is 1. The minimum absolute atomic E-state index is 0.0984. The molecule has 1 amide bonds. The van der Waals surface area contributed by atoms with Crippen molar-refractivity contribution in [3.8, 4) is 23.0 Å². The van der Waals surface area contributed by atoms with Crippen LogP contribution in [0.5, 0.6) is 0 Å². The Morgan fingerprint density at radius 3 is 2.22 bits per heavy atom. The van der Waals surface area contributed by atoms with Gasteiger partial charge in [-0.05, 0) is 95.2 Å². The van der Waals surface area contributed by atoms with E-state index in [0.717, 1.165) is 12.1 Å². The number of sulfone groups is 1. The smallest absolute Gasteiger partial charge is 0.431 e. The number of benzene rings is 2. The van der Waals surface area contributed by atoms with Crippen molar-refractivity contribution in [3.05, 3.63) is 87.3 Å². The number of alkyl halides is 8. The number of carbonyl (C=O) groups excluding carboxylic acids is 1. The molecule has 2 aromatic carbocycles. The van der Waals surface area contributed by atoms with E-state index in [9.17, 15) is 61.7 Å². The van der Waals surface area contributed by atoms with Crippen LogP contribution in [0.4, 0.5) is 49.7 Å². The molecule has 3 saturated carbocycles. The predicted molar refractivity (Wildman–Crippen MR) is 236 cm³/mol. The molecule has 4 N–H and O–H groups in total. The summed E-state index contributed by atoms with van der Waals surface area (Å²) in [5, 5.41) is 6.37. The molecule has 3 aliphatic carbocycles. The largest absolute Gasteiger partial charge is 0.593 e. The third kappa shape index (κ3) is 10.4. The molecule has 0 radical (unpaired) electrons. The van der Waals surface area contributed by atoms with E-state index < -0.39 is 127 Å². The number of fused-ring (bicyclic) bond motifs is 1. The number of allylic oxidation sites excluding steroid dienone is 2. The maximum Gasteiger partial charge on any atom is 0.431 e. The molecule has 3 aliphatic rings. The van der Waals surface area contributed by atoms with Gasteiger partial charge in [-0.15, -0.1) is 5.10 Å². The number of rotatable bonds is 13. The Labute approximate surface area is 391 Å². The molecule has 2 aromatic heterocycles. The lowest BCUT2D eigenvalue weighted by Gasteiger charge is -2.24. The van der Waals surface area contributed by atoms with E-state index in [2.05, 4.69) is 37.0 Å². The Kier molecular flexibility index (Phi) is 13.2. The molecule has 366 valence electrons. The lowest BCUT2D eigenvalue weighted by Crippen LogP contribution is -2.38. The van der Waals surface area contributed by atoms with Gasteiger partial charge in [0.05, 0.1) is 43.8 Å². The first-order chi connectivity index (χ1) is 31.3. The fourth-order valence-electron chi connectivity index (χ4n) is 7.76. The van der Waals surface area contributed by atoms with Gasteiger partial charge in [0.1, 0.15) is 51.3 Å². The first-order valence-electron chi connectivity index (χ1n) is 20.8. The van der Waals surface area contributed by atoms with Gasteiger partial charge in [-0.2, -0.15) is 39.8 Å². The molecule has 0 aliphatic heterocycles. The van der Waals surface area contributed by atoms with Crippen molar-refractivity contribution in [3.63, 3.8) is 0 Å². The zero-order valence-electron chi connectivity index (χ0n) is 36.5. The topological polar surface area (TPSA) is 167 Å². The maximum absolute atomic E-state index is 15.0. The maximum atomic E-state index is 15.0. The van der Waals surface area contributed by atoms with Gasteiger partial charge < -0.3 is 15.6 Å². The third-order valence-electron chi connectivity index (χ3n) is 12.1. The van der Waals surface area contributed by atoms with Crippen molar-refractivity contribution in [1.29, 1.82) is 0 Å². The van der Waals surface area contributed by atoms with E-state index in [1.165, 1.54) is 38.1 Å². The van der Waals surface area contributed by atoms with Crippen LogP contribution in [0, 0.1) is 23.5 Å². The second kappa shape index (κ2) is 17.7. The van der Waals surface area contributed by atoms with Crippen LogP contribution < -0.4 is 15.8 Å². The van der Waals surface area contributed by atoms with Crippen LogP contribution in [0.15, 0.2) is 58.7 Å². The number of nitrogens with zero attached hydrogens (tertiary/aromatic N) is 4. The van der Waals surface area contributed by atoms with Crippen molar-refractivity contribution in [2.75, 3.05) is 11.3 Å². The number of hydrogen-bond donors (Lipinski definition) is 3. The van der Waals surface area contributed by atoms with E-state index in [1.54, 1.807) is 13.8 Å². The number of anilines is 1. The molecule has 1 unspecified atom stereocenters. The monoisotopic (exact) mass is 1020 g/mol. The lowest BCUT2D eigenvalue weighted by atomic mass is 9.93. The quantitative estimate of drug-likeness (QED) is 0.0677. The summed E-state index contributed by atoms with van der Waals surface area (Å²) in [6.45, 7) is 3.07. The Bertz CT molecular complexity index is 2920. The van der Waals surface area contributed by atoms with E-state index in [0.29, 0.717) is 36.4 Å². The number of carbonyl (C=O) groups is 1. The first kappa shape index (κ1) is 50.8. The Hall–Kier alpha value is -5.05. The molecule has 2 heterocycles. The number of nitrogens with two attached hydrogens (primary N) is 1. The Morgan fingerprint density at radius 1 is 1.00 bits per heavy atom. The second-order valence-electron chi connectivity index (χ2n) is 18.0. The number of aliphatic imine (C=N–C) groups is 1. The van der Waals surface area contributed by atoms with Crippen molar-refractivity contribution < 1.29 is 61.7 Å². The fraction of sp³-hybridized carbons (Fsp3) is 0.455. The summed E-state index contributed by atoms with van der Waals surface area (Å²) in [6.07, 6.45) is -10.8. The van der Waals surface area contributed by atoms with Crippen molar-refractivity contribution in [2.45, 2.75) is 118 Å². The van der Waals surface area contributed by atoms with Gasteiger partial charge in [0.2, 0.25) is 11.7 Å². The van der Waals surface area contributed by atoms with Gasteiger partial charge in [0.25, 0.3) is 5.92 Å². The normalized spacial score (nSPS) is 19.9. The number of hydrogen-bond acceptors (Lipinski definition) is 9. The zero-order valence-corrected chi connectivity index (χ0v) is 38.8. The highest BCUT2D eigenvalue weighted by Gasteiger charge is 2.56. The summed E-state index contributed by atoms with van der Waals surface area (Å²) in [5.74, 6) is -2.17. The van der Waals surface area contributed by atoms with Gasteiger partial charge in [-0.1, -0.05) is 23.6 Å². The molecule has 24 heteroatoms. The minimum Gasteiger partial charge on any atom is -0.593 e. The van der Waals surface area contributed by atoms with Gasteiger partial charge in [0, 0.05) is 42.0 Å². The molecular weight excluding hydrogens is 980 g/mol. The summed E-state index contributed by atoms with van der Waals surface area (Å²) in [5.41, 5.74) is -0.156. The molecule has 2 atom stereocenters. The van der Waals surface area contributed by atoms with Crippen LogP contribution in [0.1, 0.15) is 89.2 Å². The van der Waals surface area contributed by atoms with E-state index in [4.69, 9.17) is 17.3 Å². The zero-order chi connectivity index (χ0) is 50.2. The summed E-state index contributed by atoms with van der Waals surface area (Å²) < 4.78 is 183. The van der Waals surface area contributed by atoms with Gasteiger partial charge in [-0.3, -0.25) is 14.5 Å². The van der Waals surface area contributed by atoms with Gasteiger partial charge in [0.15, 0.2) is 9.84 Å². The van der Waals surface area contributed by atoms with Gasteiger partial charge in [-0.25, -0.2) is 22.2 Å². The molecule has 68 heavy (non-hydrogen) atoms. The van der Waals surface area contributed by atoms with Crippen LogP contribution in [0.2, 0.25) is 5.02 Å². The molecule has 4 aromatic rings.